The summed E-state index contributed by atoms with van der Waals surface area (Å²) in [6.45, 7) is 8.81. The van der Waals surface area contributed by atoms with Gasteiger partial charge in [0.05, 0.1) is 29.0 Å². The van der Waals surface area contributed by atoms with Crippen molar-refractivity contribution < 1.29 is 8.42 Å². The molecule has 0 spiro atoms. The van der Waals surface area contributed by atoms with Crippen LogP contribution in [0.4, 0.5) is 5.82 Å². The summed E-state index contributed by atoms with van der Waals surface area (Å²) >= 11 is 0. The Balaban J connectivity index is 2.21. The number of nitrogens with zero attached hydrogens (tertiary/aromatic N) is 3. The van der Waals surface area contributed by atoms with Crippen molar-refractivity contribution in [3.8, 4) is 0 Å². The number of rotatable bonds is 8. The van der Waals surface area contributed by atoms with Gasteiger partial charge in [-0.3, -0.25) is 0 Å². The molecule has 2 rings (SSSR count). The summed E-state index contributed by atoms with van der Waals surface area (Å²) in [5.74, 6) is 1.20. The zero-order chi connectivity index (χ0) is 17.9. The van der Waals surface area contributed by atoms with Crippen LogP contribution in [0.3, 0.4) is 0 Å². The highest BCUT2D eigenvalue weighted by Crippen LogP contribution is 2.28. The summed E-state index contributed by atoms with van der Waals surface area (Å²) in [7, 11) is -2.96. The van der Waals surface area contributed by atoms with E-state index in [4.69, 9.17) is 5.73 Å². The zero-order valence-corrected chi connectivity index (χ0v) is 15.9. The van der Waals surface area contributed by atoms with Crippen LogP contribution in [0.2, 0.25) is 0 Å². The van der Waals surface area contributed by atoms with Gasteiger partial charge in [-0.2, -0.15) is 0 Å². The smallest absolute Gasteiger partial charge is 0.151 e. The molecule has 0 aliphatic rings. The van der Waals surface area contributed by atoms with E-state index in [1.165, 1.54) is 0 Å². The van der Waals surface area contributed by atoms with Crippen molar-refractivity contribution in [2.45, 2.75) is 59.4 Å². The Kier molecular flexibility index (Phi) is 5.85. The van der Waals surface area contributed by atoms with Crippen molar-refractivity contribution in [1.29, 1.82) is 0 Å². The van der Waals surface area contributed by atoms with Gasteiger partial charge in [-0.05, 0) is 31.2 Å². The van der Waals surface area contributed by atoms with Crippen LogP contribution in [0.1, 0.15) is 57.2 Å². The molecule has 0 bridgehead atoms. The number of hydrogen-bond acceptors (Lipinski definition) is 5. The maximum absolute atomic E-state index is 12.0. The molecule has 0 aromatic carbocycles. The second-order valence-electron chi connectivity index (χ2n) is 6.66. The standard InChI is InChI=1S/C17H28N4O2S/c1-5-6-9-24(22,23)10-7-8-21-11-19-15-16(21)13(4)14(12(2)3)20-17(15)18/h11-12H,5-10H2,1-4H3,(H2,18,20). The minimum Gasteiger partial charge on any atom is -0.382 e. The van der Waals surface area contributed by atoms with Crippen LogP contribution in [0.15, 0.2) is 6.33 Å². The van der Waals surface area contributed by atoms with Gasteiger partial charge in [0, 0.05) is 6.54 Å². The Hall–Kier alpha value is -1.63. The van der Waals surface area contributed by atoms with Crippen molar-refractivity contribution in [2.24, 2.45) is 0 Å². The topological polar surface area (TPSA) is 90.9 Å². The molecule has 0 fully saturated rings. The second kappa shape index (κ2) is 7.51. The molecule has 2 aromatic heterocycles. The monoisotopic (exact) mass is 352 g/mol. The minimum atomic E-state index is -2.96. The summed E-state index contributed by atoms with van der Waals surface area (Å²) in [5.41, 5.74) is 9.76. The first-order valence-electron chi connectivity index (χ1n) is 8.58. The number of imidazole rings is 1. The molecule has 7 heteroatoms. The van der Waals surface area contributed by atoms with Crippen LogP contribution < -0.4 is 5.73 Å². The van der Waals surface area contributed by atoms with Crippen molar-refractivity contribution in [3.05, 3.63) is 17.6 Å². The van der Waals surface area contributed by atoms with E-state index in [1.807, 2.05) is 18.4 Å². The summed E-state index contributed by atoms with van der Waals surface area (Å²) in [4.78, 5) is 8.84. The number of nitrogens with two attached hydrogens (primary N) is 1. The Morgan fingerprint density at radius 3 is 2.54 bits per heavy atom. The largest absolute Gasteiger partial charge is 0.382 e. The molecule has 0 unspecified atom stereocenters. The fourth-order valence-electron chi connectivity index (χ4n) is 3.00. The lowest BCUT2D eigenvalue weighted by molar-refractivity contribution is 0.584. The Labute approximate surface area is 144 Å². The Morgan fingerprint density at radius 2 is 1.92 bits per heavy atom. The van der Waals surface area contributed by atoms with Crippen molar-refractivity contribution in [2.75, 3.05) is 17.2 Å². The fourth-order valence-corrected chi connectivity index (χ4v) is 4.50. The third kappa shape index (κ3) is 4.06. The summed E-state index contributed by atoms with van der Waals surface area (Å²) in [6.07, 6.45) is 3.94. The maximum Gasteiger partial charge on any atom is 0.151 e. The van der Waals surface area contributed by atoms with Gasteiger partial charge < -0.3 is 10.3 Å². The summed E-state index contributed by atoms with van der Waals surface area (Å²) in [6, 6.07) is 0. The molecule has 2 aromatic rings. The van der Waals surface area contributed by atoms with E-state index >= 15 is 0 Å². The summed E-state index contributed by atoms with van der Waals surface area (Å²) < 4.78 is 26.0. The minimum absolute atomic E-state index is 0.212. The fraction of sp³-hybridized carbons (Fsp3) is 0.647. The van der Waals surface area contributed by atoms with E-state index in [2.05, 4.69) is 23.8 Å². The average Bonchev–Trinajstić information content (AvgIpc) is 2.93. The summed E-state index contributed by atoms with van der Waals surface area (Å²) in [5, 5.41) is 0. The number of hydrogen-bond donors (Lipinski definition) is 1. The van der Waals surface area contributed by atoms with E-state index in [-0.39, 0.29) is 17.4 Å². The first kappa shape index (κ1) is 18.7. The molecular weight excluding hydrogens is 324 g/mol. The molecule has 134 valence electrons. The molecule has 0 saturated carbocycles. The van der Waals surface area contributed by atoms with Crippen LogP contribution in [-0.4, -0.2) is 34.5 Å². The number of nitrogen functional groups attached to an aromatic ring is 1. The number of anilines is 1. The first-order chi connectivity index (χ1) is 11.3. The third-order valence-corrected chi connectivity index (χ3v) is 6.09. The lowest BCUT2D eigenvalue weighted by Crippen LogP contribution is -2.13. The second-order valence-corrected chi connectivity index (χ2v) is 8.96. The first-order valence-corrected chi connectivity index (χ1v) is 10.4. The van der Waals surface area contributed by atoms with Gasteiger partial charge in [-0.1, -0.05) is 27.2 Å². The molecule has 0 aliphatic carbocycles. The molecule has 0 radical (unpaired) electrons. The van der Waals surface area contributed by atoms with Crippen molar-refractivity contribution in [3.63, 3.8) is 0 Å². The van der Waals surface area contributed by atoms with E-state index in [9.17, 15) is 8.42 Å². The molecule has 0 saturated heterocycles. The molecule has 6 nitrogen and oxygen atoms in total. The highest BCUT2D eigenvalue weighted by Gasteiger charge is 2.17. The van der Waals surface area contributed by atoms with Crippen molar-refractivity contribution >= 4 is 26.7 Å². The van der Waals surface area contributed by atoms with E-state index in [1.54, 1.807) is 6.33 Å². The lowest BCUT2D eigenvalue weighted by atomic mass is 10.0. The molecule has 2 heterocycles. The van der Waals surface area contributed by atoms with Gasteiger partial charge in [0.15, 0.2) is 5.82 Å². The number of aromatic nitrogens is 3. The van der Waals surface area contributed by atoms with Crippen molar-refractivity contribution in [1.82, 2.24) is 14.5 Å². The van der Waals surface area contributed by atoms with E-state index < -0.39 is 9.84 Å². The average molecular weight is 353 g/mol. The van der Waals surface area contributed by atoms with E-state index in [0.29, 0.717) is 24.3 Å². The number of sulfone groups is 1. The highest BCUT2D eigenvalue weighted by atomic mass is 32.2. The van der Waals surface area contributed by atoms with Crippen LogP contribution >= 0.6 is 0 Å². The predicted octanol–water partition coefficient (Wildman–Crippen LogP) is 3.05. The van der Waals surface area contributed by atoms with Gasteiger partial charge in [-0.25, -0.2) is 18.4 Å². The normalized spacial score (nSPS) is 12.4. The molecule has 0 atom stereocenters. The van der Waals surface area contributed by atoms with Crippen LogP contribution in [0, 0.1) is 6.92 Å². The SMILES string of the molecule is CCCCS(=O)(=O)CCCn1cnc2c(N)nc(C(C)C)c(C)c21. The molecule has 0 aliphatic heterocycles. The molecule has 0 amide bonds. The highest BCUT2D eigenvalue weighted by molar-refractivity contribution is 7.91. The zero-order valence-electron chi connectivity index (χ0n) is 15.0. The van der Waals surface area contributed by atoms with Gasteiger partial charge in [0.25, 0.3) is 0 Å². The van der Waals surface area contributed by atoms with Crippen LogP contribution in [0.25, 0.3) is 11.0 Å². The molecule has 24 heavy (non-hydrogen) atoms. The predicted molar refractivity (Wildman–Crippen MR) is 98.9 cm³/mol. The molecular formula is C17H28N4O2S. The van der Waals surface area contributed by atoms with E-state index in [0.717, 1.165) is 29.6 Å². The quantitative estimate of drug-likeness (QED) is 0.788. The maximum atomic E-state index is 12.0. The number of pyridine rings is 1. The van der Waals surface area contributed by atoms with Gasteiger partial charge in [0.1, 0.15) is 15.4 Å². The lowest BCUT2D eigenvalue weighted by Gasteiger charge is -2.13. The van der Waals surface area contributed by atoms with Crippen LogP contribution in [-0.2, 0) is 16.4 Å². The molecule has 2 N–H and O–H groups in total. The van der Waals surface area contributed by atoms with Gasteiger partial charge >= 0.3 is 0 Å². The third-order valence-electron chi connectivity index (χ3n) is 4.27. The number of fused-ring (bicyclic) bond motifs is 1. The number of unbranched alkanes of at least 4 members (excludes halogenated alkanes) is 1. The van der Waals surface area contributed by atoms with Gasteiger partial charge in [0.2, 0.25) is 0 Å². The Bertz CT molecular complexity index is 810. The Morgan fingerprint density at radius 1 is 1.25 bits per heavy atom. The van der Waals surface area contributed by atoms with Crippen LogP contribution in [0.5, 0.6) is 0 Å². The number of aryl methyl sites for hydroxylation is 2. The van der Waals surface area contributed by atoms with Gasteiger partial charge in [-0.15, -0.1) is 0 Å².